The van der Waals surface area contributed by atoms with Gasteiger partial charge in [0.05, 0.1) is 13.3 Å². The van der Waals surface area contributed by atoms with E-state index in [0.717, 1.165) is 11.1 Å². The molecule has 7 heteroatoms. The van der Waals surface area contributed by atoms with Crippen molar-refractivity contribution in [2.45, 2.75) is 6.61 Å². The Bertz CT molecular complexity index is 711. The number of nitrogens with two attached hydrogens (primary N) is 2. The molecule has 0 radical (unpaired) electrons. The van der Waals surface area contributed by atoms with Gasteiger partial charge in [0, 0.05) is 5.02 Å². The van der Waals surface area contributed by atoms with Crippen molar-refractivity contribution in [3.63, 3.8) is 0 Å². The molecule has 120 valence electrons. The molecule has 0 amide bonds. The number of methoxy groups -OCH3 is 1. The highest BCUT2D eigenvalue weighted by Crippen LogP contribution is 2.28. The standard InChI is InChI=1S/C16H17ClN4O2/c1-22-14-7-4-12(9-20-21-16(18)19)8-15(14)23-10-11-2-5-13(17)6-3-11/h2-9H,10H2,1H3,(H4,18,19,21)/b20-9+. The van der Waals surface area contributed by atoms with Crippen LogP contribution in [0.4, 0.5) is 0 Å². The first kappa shape index (κ1) is 16.6. The number of benzene rings is 2. The third-order valence-electron chi connectivity index (χ3n) is 2.88. The molecule has 0 aliphatic rings. The van der Waals surface area contributed by atoms with Crippen molar-refractivity contribution < 1.29 is 9.47 Å². The summed E-state index contributed by atoms with van der Waals surface area (Å²) in [5.74, 6) is 1.11. The molecular formula is C16H17ClN4O2. The Morgan fingerprint density at radius 3 is 2.52 bits per heavy atom. The van der Waals surface area contributed by atoms with E-state index < -0.39 is 0 Å². The lowest BCUT2D eigenvalue weighted by molar-refractivity contribution is 0.284. The van der Waals surface area contributed by atoms with Crippen LogP contribution in [0.1, 0.15) is 11.1 Å². The Morgan fingerprint density at radius 2 is 1.87 bits per heavy atom. The molecule has 23 heavy (non-hydrogen) atoms. The largest absolute Gasteiger partial charge is 0.493 e. The van der Waals surface area contributed by atoms with Gasteiger partial charge in [0.2, 0.25) is 5.96 Å². The van der Waals surface area contributed by atoms with Gasteiger partial charge in [0.15, 0.2) is 11.5 Å². The second-order valence-electron chi connectivity index (χ2n) is 4.59. The zero-order valence-corrected chi connectivity index (χ0v) is 13.3. The molecule has 0 fully saturated rings. The van der Waals surface area contributed by atoms with E-state index in [-0.39, 0.29) is 5.96 Å². The van der Waals surface area contributed by atoms with E-state index in [9.17, 15) is 0 Å². The summed E-state index contributed by atoms with van der Waals surface area (Å²) >= 11 is 5.86. The first-order valence-corrected chi connectivity index (χ1v) is 7.13. The topological polar surface area (TPSA) is 95.2 Å². The lowest BCUT2D eigenvalue weighted by Gasteiger charge is -2.11. The van der Waals surface area contributed by atoms with E-state index in [2.05, 4.69) is 10.2 Å². The van der Waals surface area contributed by atoms with E-state index in [0.29, 0.717) is 23.1 Å². The number of ether oxygens (including phenoxy) is 2. The molecule has 2 aromatic carbocycles. The maximum atomic E-state index is 5.86. The van der Waals surface area contributed by atoms with Crippen LogP contribution >= 0.6 is 11.6 Å². The summed E-state index contributed by atoms with van der Waals surface area (Å²) in [6.45, 7) is 0.391. The Kier molecular flexibility index (Phi) is 5.82. The number of rotatable bonds is 6. The molecule has 2 aromatic rings. The van der Waals surface area contributed by atoms with Crippen LogP contribution in [0, 0.1) is 0 Å². The van der Waals surface area contributed by atoms with Gasteiger partial charge in [0.1, 0.15) is 6.61 Å². The zero-order chi connectivity index (χ0) is 16.7. The lowest BCUT2D eigenvalue weighted by atomic mass is 10.2. The SMILES string of the molecule is COc1ccc(/C=N/N=C(N)N)cc1OCc1ccc(Cl)cc1. The molecular weight excluding hydrogens is 316 g/mol. The van der Waals surface area contributed by atoms with Gasteiger partial charge in [-0.1, -0.05) is 23.7 Å². The minimum atomic E-state index is -0.103. The van der Waals surface area contributed by atoms with Gasteiger partial charge in [-0.3, -0.25) is 0 Å². The Morgan fingerprint density at radius 1 is 1.13 bits per heavy atom. The molecule has 0 heterocycles. The van der Waals surface area contributed by atoms with Gasteiger partial charge >= 0.3 is 0 Å². The minimum Gasteiger partial charge on any atom is -0.493 e. The number of halogens is 1. The molecule has 0 aliphatic carbocycles. The summed E-state index contributed by atoms with van der Waals surface area (Å²) in [7, 11) is 1.58. The summed E-state index contributed by atoms with van der Waals surface area (Å²) in [4.78, 5) is 0. The smallest absolute Gasteiger partial charge is 0.211 e. The van der Waals surface area contributed by atoms with Crippen molar-refractivity contribution in [1.82, 2.24) is 0 Å². The number of hydrogen-bond acceptors (Lipinski definition) is 4. The third-order valence-corrected chi connectivity index (χ3v) is 3.13. The fourth-order valence-electron chi connectivity index (χ4n) is 1.79. The van der Waals surface area contributed by atoms with E-state index in [1.54, 1.807) is 19.2 Å². The predicted molar refractivity (Wildman–Crippen MR) is 92.2 cm³/mol. The van der Waals surface area contributed by atoms with Crippen LogP contribution in [-0.2, 0) is 6.61 Å². The lowest BCUT2D eigenvalue weighted by Crippen LogP contribution is -2.21. The molecule has 0 aromatic heterocycles. The molecule has 6 nitrogen and oxygen atoms in total. The maximum Gasteiger partial charge on any atom is 0.211 e. The highest BCUT2D eigenvalue weighted by Gasteiger charge is 2.06. The zero-order valence-electron chi connectivity index (χ0n) is 12.6. The highest BCUT2D eigenvalue weighted by molar-refractivity contribution is 6.30. The molecule has 0 saturated heterocycles. The summed E-state index contributed by atoms with van der Waals surface area (Å²) in [5, 5.41) is 8.00. The van der Waals surface area contributed by atoms with Crippen molar-refractivity contribution >= 4 is 23.8 Å². The quantitative estimate of drug-likeness (QED) is 0.482. The Balaban J connectivity index is 2.13. The molecule has 0 bridgehead atoms. The van der Waals surface area contributed by atoms with Crippen LogP contribution in [0.25, 0.3) is 0 Å². The van der Waals surface area contributed by atoms with Gasteiger partial charge in [-0.05, 0) is 41.5 Å². The number of nitrogens with zero attached hydrogens (tertiary/aromatic N) is 2. The normalized spacial score (nSPS) is 10.5. The highest BCUT2D eigenvalue weighted by atomic mass is 35.5. The summed E-state index contributed by atoms with van der Waals surface area (Å²) < 4.78 is 11.1. The monoisotopic (exact) mass is 332 g/mol. The van der Waals surface area contributed by atoms with Crippen molar-refractivity contribution in [1.29, 1.82) is 0 Å². The molecule has 4 N–H and O–H groups in total. The van der Waals surface area contributed by atoms with E-state index in [4.69, 9.17) is 32.5 Å². The van der Waals surface area contributed by atoms with Crippen LogP contribution in [0.2, 0.25) is 5.02 Å². The van der Waals surface area contributed by atoms with E-state index >= 15 is 0 Å². The fraction of sp³-hybridized carbons (Fsp3) is 0.125. The summed E-state index contributed by atoms with van der Waals surface area (Å²) in [6, 6.07) is 12.8. The fourth-order valence-corrected chi connectivity index (χ4v) is 1.92. The van der Waals surface area contributed by atoms with Crippen LogP contribution < -0.4 is 20.9 Å². The van der Waals surface area contributed by atoms with Gasteiger partial charge in [-0.2, -0.15) is 5.10 Å². The van der Waals surface area contributed by atoms with Gasteiger partial charge < -0.3 is 20.9 Å². The molecule has 0 aliphatic heterocycles. The Hall–Kier alpha value is -2.73. The van der Waals surface area contributed by atoms with Gasteiger partial charge in [-0.15, -0.1) is 5.10 Å². The summed E-state index contributed by atoms with van der Waals surface area (Å²) in [5.41, 5.74) is 12.2. The molecule has 2 rings (SSSR count). The molecule has 0 atom stereocenters. The maximum absolute atomic E-state index is 5.86. The van der Waals surface area contributed by atoms with Crippen molar-refractivity contribution in [3.8, 4) is 11.5 Å². The van der Waals surface area contributed by atoms with Crippen molar-refractivity contribution in [2.75, 3.05) is 7.11 Å². The third kappa shape index (κ3) is 5.19. The van der Waals surface area contributed by atoms with E-state index in [1.165, 1.54) is 6.21 Å². The Labute approximate surface area is 139 Å². The van der Waals surface area contributed by atoms with Crippen LogP contribution in [0.3, 0.4) is 0 Å². The summed E-state index contributed by atoms with van der Waals surface area (Å²) in [6.07, 6.45) is 1.52. The first-order valence-electron chi connectivity index (χ1n) is 6.75. The number of guanidine groups is 1. The minimum absolute atomic E-state index is 0.103. The van der Waals surface area contributed by atoms with E-state index in [1.807, 2.05) is 30.3 Å². The van der Waals surface area contributed by atoms with Crippen molar-refractivity contribution in [3.05, 3.63) is 58.6 Å². The predicted octanol–water partition coefficient (Wildman–Crippen LogP) is 2.53. The second kappa shape index (κ2) is 8.05. The first-order chi connectivity index (χ1) is 11.1. The number of hydrogen-bond donors (Lipinski definition) is 2. The average molecular weight is 333 g/mol. The second-order valence-corrected chi connectivity index (χ2v) is 5.03. The van der Waals surface area contributed by atoms with Crippen LogP contribution in [0.15, 0.2) is 52.7 Å². The van der Waals surface area contributed by atoms with Crippen LogP contribution in [-0.4, -0.2) is 19.3 Å². The van der Waals surface area contributed by atoms with Gasteiger partial charge in [-0.25, -0.2) is 0 Å². The molecule has 0 spiro atoms. The van der Waals surface area contributed by atoms with Crippen molar-refractivity contribution in [2.24, 2.45) is 21.7 Å². The molecule has 0 saturated carbocycles. The molecule has 0 unspecified atom stereocenters. The average Bonchev–Trinajstić information content (AvgIpc) is 2.54. The van der Waals surface area contributed by atoms with Gasteiger partial charge in [0.25, 0.3) is 0 Å². The van der Waals surface area contributed by atoms with Crippen LogP contribution in [0.5, 0.6) is 11.5 Å².